The van der Waals surface area contributed by atoms with Crippen LogP contribution in [-0.4, -0.2) is 29.0 Å². The van der Waals surface area contributed by atoms with E-state index in [0.29, 0.717) is 11.3 Å². The van der Waals surface area contributed by atoms with Crippen LogP contribution in [0.3, 0.4) is 0 Å². The van der Waals surface area contributed by atoms with Crippen LogP contribution in [0.1, 0.15) is 42.4 Å². The molecule has 0 radical (unpaired) electrons. The molecular formula is C19H22N2O5S. The molecule has 2 amide bonds. The number of nitrogens with one attached hydrogen (secondary N) is 1. The summed E-state index contributed by atoms with van der Waals surface area (Å²) in [6, 6.07) is 6.95. The molecule has 0 fully saturated rings. The SMILES string of the molecule is Cc1csc(=O)n1CC(=O)OCC(=O)NC(=O)c1ccc(C(C)(C)C)cc1. The lowest BCUT2D eigenvalue weighted by Gasteiger charge is -2.19. The van der Waals surface area contributed by atoms with Crippen LogP contribution in [0.5, 0.6) is 0 Å². The van der Waals surface area contributed by atoms with E-state index in [1.54, 1.807) is 24.4 Å². The standard InChI is InChI=1S/C19H22N2O5S/c1-12-11-27-18(25)21(12)9-16(23)26-10-15(22)20-17(24)13-5-7-14(8-6-13)19(2,3)4/h5-8,11H,9-10H2,1-4H3,(H,20,22,24). The highest BCUT2D eigenvalue weighted by Crippen LogP contribution is 2.22. The van der Waals surface area contributed by atoms with Crippen molar-refractivity contribution in [1.82, 2.24) is 9.88 Å². The number of rotatable bonds is 5. The van der Waals surface area contributed by atoms with E-state index >= 15 is 0 Å². The summed E-state index contributed by atoms with van der Waals surface area (Å²) in [5.41, 5.74) is 2.00. The molecule has 0 saturated carbocycles. The molecule has 0 saturated heterocycles. The maximum absolute atomic E-state index is 12.1. The van der Waals surface area contributed by atoms with Crippen molar-refractivity contribution in [2.24, 2.45) is 0 Å². The van der Waals surface area contributed by atoms with Gasteiger partial charge in [0, 0.05) is 16.6 Å². The Balaban J connectivity index is 1.85. The number of thiazole rings is 1. The van der Waals surface area contributed by atoms with E-state index in [0.717, 1.165) is 16.9 Å². The molecule has 2 rings (SSSR count). The lowest BCUT2D eigenvalue weighted by Crippen LogP contribution is -2.35. The number of aromatic nitrogens is 1. The number of benzene rings is 1. The van der Waals surface area contributed by atoms with Crippen molar-refractivity contribution >= 4 is 29.1 Å². The normalized spacial score (nSPS) is 11.1. The van der Waals surface area contributed by atoms with Crippen molar-refractivity contribution in [3.05, 3.63) is 56.1 Å². The Kier molecular flexibility index (Phi) is 6.32. The minimum absolute atomic E-state index is 0.0399. The van der Waals surface area contributed by atoms with E-state index in [2.05, 4.69) is 26.1 Å². The monoisotopic (exact) mass is 390 g/mol. The number of aryl methyl sites for hydroxylation is 1. The number of ether oxygens (including phenoxy) is 1. The maximum atomic E-state index is 12.1. The number of nitrogens with zero attached hydrogens (tertiary/aromatic N) is 1. The van der Waals surface area contributed by atoms with Gasteiger partial charge in [-0.25, -0.2) is 0 Å². The molecule has 0 unspecified atom stereocenters. The topological polar surface area (TPSA) is 94.5 Å². The lowest BCUT2D eigenvalue weighted by atomic mass is 9.87. The van der Waals surface area contributed by atoms with Crippen molar-refractivity contribution in [3.8, 4) is 0 Å². The van der Waals surface area contributed by atoms with Crippen LogP contribution in [0.15, 0.2) is 34.4 Å². The molecule has 0 bridgehead atoms. The van der Waals surface area contributed by atoms with Gasteiger partial charge >= 0.3 is 10.8 Å². The third-order valence-electron chi connectivity index (χ3n) is 3.89. The number of hydrogen-bond acceptors (Lipinski definition) is 6. The molecule has 27 heavy (non-hydrogen) atoms. The first-order valence-electron chi connectivity index (χ1n) is 8.33. The molecule has 1 aromatic heterocycles. The first kappa shape index (κ1) is 20.6. The molecule has 0 atom stereocenters. The fourth-order valence-corrected chi connectivity index (χ4v) is 3.01. The molecule has 1 aromatic carbocycles. The predicted octanol–water partition coefficient (Wildman–Crippen LogP) is 2.02. The number of amides is 2. The van der Waals surface area contributed by atoms with Gasteiger partial charge in [-0.15, -0.1) is 0 Å². The molecule has 2 aromatic rings. The van der Waals surface area contributed by atoms with E-state index < -0.39 is 24.4 Å². The highest BCUT2D eigenvalue weighted by Gasteiger charge is 2.16. The second-order valence-corrected chi connectivity index (χ2v) is 7.92. The first-order chi connectivity index (χ1) is 12.6. The molecule has 0 aliphatic rings. The Morgan fingerprint density at radius 2 is 1.78 bits per heavy atom. The molecule has 8 heteroatoms. The Morgan fingerprint density at radius 1 is 1.15 bits per heavy atom. The Hall–Kier alpha value is -2.74. The Labute approximate surface area is 161 Å². The second kappa shape index (κ2) is 8.30. The van der Waals surface area contributed by atoms with Gasteiger partial charge < -0.3 is 4.74 Å². The van der Waals surface area contributed by atoms with Crippen LogP contribution in [0.2, 0.25) is 0 Å². The van der Waals surface area contributed by atoms with E-state index in [9.17, 15) is 19.2 Å². The molecule has 144 valence electrons. The van der Waals surface area contributed by atoms with Crippen LogP contribution >= 0.6 is 11.3 Å². The molecule has 0 spiro atoms. The van der Waals surface area contributed by atoms with Crippen molar-refractivity contribution in [2.45, 2.75) is 39.7 Å². The van der Waals surface area contributed by atoms with Crippen molar-refractivity contribution in [2.75, 3.05) is 6.61 Å². The number of imide groups is 1. The van der Waals surface area contributed by atoms with Gasteiger partial charge in [-0.3, -0.25) is 29.1 Å². The zero-order valence-corrected chi connectivity index (χ0v) is 16.5. The summed E-state index contributed by atoms with van der Waals surface area (Å²) in [5.74, 6) is -2.03. The molecule has 0 aliphatic heterocycles. The molecule has 1 heterocycles. The summed E-state index contributed by atoms with van der Waals surface area (Å²) >= 11 is 0.981. The Bertz CT molecular complexity index is 903. The Morgan fingerprint density at radius 3 is 2.30 bits per heavy atom. The van der Waals surface area contributed by atoms with E-state index in [1.165, 1.54) is 4.57 Å². The minimum atomic E-state index is -0.734. The number of carbonyl (C=O) groups excluding carboxylic acids is 3. The number of hydrogen-bond donors (Lipinski definition) is 1. The summed E-state index contributed by atoms with van der Waals surface area (Å²) in [6.07, 6.45) is 0. The van der Waals surface area contributed by atoms with Crippen LogP contribution in [0.4, 0.5) is 0 Å². The average molecular weight is 390 g/mol. The minimum Gasteiger partial charge on any atom is -0.454 e. The third-order valence-corrected chi connectivity index (χ3v) is 4.77. The van der Waals surface area contributed by atoms with E-state index in [-0.39, 0.29) is 16.8 Å². The summed E-state index contributed by atoms with van der Waals surface area (Å²) < 4.78 is 6.09. The second-order valence-electron chi connectivity index (χ2n) is 7.09. The zero-order valence-electron chi connectivity index (χ0n) is 15.7. The summed E-state index contributed by atoms with van der Waals surface area (Å²) in [5, 5.41) is 3.80. The fourth-order valence-electron chi connectivity index (χ4n) is 2.27. The summed E-state index contributed by atoms with van der Waals surface area (Å²) in [4.78, 5) is 46.9. The van der Waals surface area contributed by atoms with Gasteiger partial charge in [-0.2, -0.15) is 0 Å². The van der Waals surface area contributed by atoms with E-state index in [4.69, 9.17) is 4.74 Å². The van der Waals surface area contributed by atoms with Gasteiger partial charge in [0.25, 0.3) is 11.8 Å². The van der Waals surface area contributed by atoms with Crippen LogP contribution < -0.4 is 10.2 Å². The summed E-state index contributed by atoms with van der Waals surface area (Å²) in [7, 11) is 0. The largest absolute Gasteiger partial charge is 0.454 e. The zero-order chi connectivity index (χ0) is 20.2. The first-order valence-corrected chi connectivity index (χ1v) is 9.21. The predicted molar refractivity (Wildman–Crippen MR) is 102 cm³/mol. The molecule has 0 aliphatic carbocycles. The van der Waals surface area contributed by atoms with Crippen molar-refractivity contribution < 1.29 is 19.1 Å². The van der Waals surface area contributed by atoms with Gasteiger partial charge in [0.2, 0.25) is 0 Å². The quantitative estimate of drug-likeness (QED) is 0.788. The fraction of sp³-hybridized carbons (Fsp3) is 0.368. The van der Waals surface area contributed by atoms with Crippen LogP contribution in [0.25, 0.3) is 0 Å². The number of carbonyl (C=O) groups is 3. The average Bonchev–Trinajstić information content (AvgIpc) is 2.91. The van der Waals surface area contributed by atoms with Gasteiger partial charge in [-0.05, 0) is 30.0 Å². The van der Waals surface area contributed by atoms with Gasteiger partial charge in [0.1, 0.15) is 6.54 Å². The van der Waals surface area contributed by atoms with Gasteiger partial charge in [-0.1, -0.05) is 44.2 Å². The highest BCUT2D eigenvalue weighted by atomic mass is 32.1. The molecule has 7 nitrogen and oxygen atoms in total. The van der Waals surface area contributed by atoms with Crippen LogP contribution in [0, 0.1) is 6.92 Å². The number of esters is 1. The lowest BCUT2D eigenvalue weighted by molar-refractivity contribution is -0.148. The molecule has 1 N–H and O–H groups in total. The van der Waals surface area contributed by atoms with Gasteiger partial charge in [0.15, 0.2) is 6.61 Å². The maximum Gasteiger partial charge on any atom is 0.326 e. The third kappa shape index (κ3) is 5.62. The highest BCUT2D eigenvalue weighted by molar-refractivity contribution is 7.07. The van der Waals surface area contributed by atoms with Crippen molar-refractivity contribution in [1.29, 1.82) is 0 Å². The van der Waals surface area contributed by atoms with Gasteiger partial charge in [0.05, 0.1) is 0 Å². The van der Waals surface area contributed by atoms with Crippen molar-refractivity contribution in [3.63, 3.8) is 0 Å². The van der Waals surface area contributed by atoms with E-state index in [1.807, 2.05) is 12.1 Å². The smallest absolute Gasteiger partial charge is 0.326 e. The molecular weight excluding hydrogens is 368 g/mol. The van der Waals surface area contributed by atoms with Crippen LogP contribution in [-0.2, 0) is 26.3 Å². The summed E-state index contributed by atoms with van der Waals surface area (Å²) in [6.45, 7) is 7.01.